The molecule has 1 saturated heterocycles. The van der Waals surface area contributed by atoms with E-state index in [-0.39, 0.29) is 0 Å². The van der Waals surface area contributed by atoms with E-state index < -0.39 is 0 Å². The third-order valence-electron chi connectivity index (χ3n) is 5.72. The van der Waals surface area contributed by atoms with Crippen LogP contribution in [0.5, 0.6) is 0 Å². The van der Waals surface area contributed by atoms with Crippen molar-refractivity contribution in [3.05, 3.63) is 89.2 Å². The lowest BCUT2D eigenvalue weighted by Gasteiger charge is -2.26. The summed E-state index contributed by atoms with van der Waals surface area (Å²) in [5, 5.41) is 11.2. The van der Waals surface area contributed by atoms with Gasteiger partial charge in [-0.25, -0.2) is 4.99 Å². The summed E-state index contributed by atoms with van der Waals surface area (Å²) in [5.74, 6) is 0.824. The molecule has 2 N–H and O–H groups in total. The summed E-state index contributed by atoms with van der Waals surface area (Å²) >= 11 is 0. The molecule has 1 aromatic heterocycles. The first kappa shape index (κ1) is 23.0. The summed E-state index contributed by atoms with van der Waals surface area (Å²) in [6.07, 6.45) is 3.80. The Morgan fingerprint density at radius 1 is 0.970 bits per heavy atom. The average molecular weight is 447 g/mol. The van der Waals surface area contributed by atoms with E-state index in [1.54, 1.807) is 0 Å². The maximum absolute atomic E-state index is 5.46. The summed E-state index contributed by atoms with van der Waals surface area (Å²) in [7, 11) is 0. The number of hydrogen-bond donors (Lipinski definition) is 2. The topological polar surface area (TPSA) is 66.7 Å². The number of guanidine groups is 1. The minimum absolute atomic E-state index is 0.640. The van der Waals surface area contributed by atoms with Gasteiger partial charge in [0.15, 0.2) is 5.96 Å². The minimum atomic E-state index is 0.640. The Kier molecular flexibility index (Phi) is 8.49. The zero-order valence-electron chi connectivity index (χ0n) is 19.4. The quantitative estimate of drug-likeness (QED) is 0.391. The summed E-state index contributed by atoms with van der Waals surface area (Å²) in [6, 6.07) is 19.2. The highest BCUT2D eigenvalue weighted by atomic mass is 16.5. The van der Waals surface area contributed by atoms with Gasteiger partial charge in [0.05, 0.1) is 26.3 Å². The monoisotopic (exact) mass is 446 g/mol. The maximum Gasteiger partial charge on any atom is 0.191 e. The first-order valence-corrected chi connectivity index (χ1v) is 11.7. The second-order valence-corrected chi connectivity index (χ2v) is 8.23. The molecule has 1 fully saturated rings. The summed E-state index contributed by atoms with van der Waals surface area (Å²) in [5.41, 5.74) is 5.04. The molecule has 3 aromatic rings. The van der Waals surface area contributed by atoms with Crippen molar-refractivity contribution >= 4 is 5.96 Å². The lowest BCUT2D eigenvalue weighted by Crippen LogP contribution is -2.37. The largest absolute Gasteiger partial charge is 0.379 e. The van der Waals surface area contributed by atoms with Crippen LogP contribution in [0.25, 0.3) is 0 Å². The van der Waals surface area contributed by atoms with E-state index in [1.165, 1.54) is 22.3 Å². The molecule has 0 bridgehead atoms. The summed E-state index contributed by atoms with van der Waals surface area (Å²) < 4.78 is 7.41. The Labute approximate surface area is 196 Å². The Balaban J connectivity index is 1.37. The first-order valence-electron chi connectivity index (χ1n) is 11.7. The molecule has 2 aromatic carbocycles. The van der Waals surface area contributed by atoms with Crippen LogP contribution in [0.2, 0.25) is 0 Å². The standard InChI is InChI=1S/C26H34N6O/c1-2-27-26(29-19-24-9-3-4-10-25(24)21-32-12-6-11-30-32)28-18-22-7-5-8-23(17-22)20-31-13-15-33-16-14-31/h3-12,17H,2,13-16,18-21H2,1H3,(H2,27,28,29). The number of nitrogens with zero attached hydrogens (tertiary/aromatic N) is 4. The van der Waals surface area contributed by atoms with E-state index in [4.69, 9.17) is 9.73 Å². The van der Waals surface area contributed by atoms with Crippen LogP contribution in [0.15, 0.2) is 72.0 Å². The highest BCUT2D eigenvalue weighted by Gasteiger charge is 2.11. The molecule has 0 amide bonds. The Morgan fingerprint density at radius 2 is 1.79 bits per heavy atom. The number of rotatable bonds is 9. The van der Waals surface area contributed by atoms with Crippen LogP contribution in [-0.2, 0) is 30.9 Å². The lowest BCUT2D eigenvalue weighted by molar-refractivity contribution is 0.0342. The van der Waals surface area contributed by atoms with Crippen molar-refractivity contribution in [2.24, 2.45) is 4.99 Å². The van der Waals surface area contributed by atoms with E-state index in [1.807, 2.05) is 23.1 Å². The van der Waals surface area contributed by atoms with Crippen LogP contribution in [0.3, 0.4) is 0 Å². The van der Waals surface area contributed by atoms with Gasteiger partial charge in [-0.15, -0.1) is 0 Å². The van der Waals surface area contributed by atoms with Crippen molar-refractivity contribution in [3.8, 4) is 0 Å². The van der Waals surface area contributed by atoms with Crippen LogP contribution >= 0.6 is 0 Å². The number of nitrogens with one attached hydrogen (secondary N) is 2. The van der Waals surface area contributed by atoms with Gasteiger partial charge >= 0.3 is 0 Å². The zero-order chi connectivity index (χ0) is 22.7. The molecule has 0 aliphatic carbocycles. The van der Waals surface area contributed by atoms with Gasteiger partial charge in [-0.05, 0) is 35.2 Å². The number of aliphatic imine (C=N–C) groups is 1. The first-order chi connectivity index (χ1) is 16.3. The third-order valence-corrected chi connectivity index (χ3v) is 5.72. The molecule has 0 spiro atoms. The van der Waals surface area contributed by atoms with Gasteiger partial charge < -0.3 is 15.4 Å². The molecule has 1 aliphatic heterocycles. The van der Waals surface area contributed by atoms with Gasteiger partial charge in [0.1, 0.15) is 0 Å². The van der Waals surface area contributed by atoms with Gasteiger partial charge in [0.2, 0.25) is 0 Å². The summed E-state index contributed by atoms with van der Waals surface area (Å²) in [4.78, 5) is 7.28. The predicted octanol–water partition coefficient (Wildman–Crippen LogP) is 3.02. The van der Waals surface area contributed by atoms with Crippen molar-refractivity contribution in [1.82, 2.24) is 25.3 Å². The van der Waals surface area contributed by atoms with Crippen molar-refractivity contribution < 1.29 is 4.74 Å². The van der Waals surface area contributed by atoms with Gasteiger partial charge in [-0.3, -0.25) is 9.58 Å². The summed E-state index contributed by atoms with van der Waals surface area (Å²) in [6.45, 7) is 9.63. The number of ether oxygens (including phenoxy) is 1. The van der Waals surface area contributed by atoms with E-state index in [2.05, 4.69) is 76.1 Å². The molecule has 0 radical (unpaired) electrons. The van der Waals surface area contributed by atoms with Crippen LogP contribution in [0, 0.1) is 0 Å². The third kappa shape index (κ3) is 7.17. The Bertz CT molecular complexity index is 1010. The SMILES string of the molecule is CCNC(=NCc1cccc(CN2CCOCC2)c1)NCc1ccccc1Cn1cccn1. The average Bonchev–Trinajstić information content (AvgIpc) is 3.36. The predicted molar refractivity (Wildman–Crippen MR) is 132 cm³/mol. The van der Waals surface area contributed by atoms with E-state index >= 15 is 0 Å². The molecule has 7 heteroatoms. The van der Waals surface area contributed by atoms with Crippen molar-refractivity contribution in [2.45, 2.75) is 33.1 Å². The molecule has 0 unspecified atom stereocenters. The number of hydrogen-bond acceptors (Lipinski definition) is 4. The van der Waals surface area contributed by atoms with Gasteiger partial charge in [-0.2, -0.15) is 5.10 Å². The van der Waals surface area contributed by atoms with E-state index in [9.17, 15) is 0 Å². The zero-order valence-corrected chi connectivity index (χ0v) is 19.4. The van der Waals surface area contributed by atoms with Crippen LogP contribution in [0.1, 0.15) is 29.2 Å². The number of aromatic nitrogens is 2. The van der Waals surface area contributed by atoms with Crippen LogP contribution in [-0.4, -0.2) is 53.5 Å². The fraction of sp³-hybridized carbons (Fsp3) is 0.385. The molecule has 4 rings (SSSR count). The minimum Gasteiger partial charge on any atom is -0.379 e. The molecule has 0 saturated carbocycles. The van der Waals surface area contributed by atoms with E-state index in [0.717, 1.165) is 51.9 Å². The molecule has 0 atom stereocenters. The fourth-order valence-electron chi connectivity index (χ4n) is 3.99. The van der Waals surface area contributed by atoms with Gasteiger partial charge in [0, 0.05) is 45.1 Å². The van der Waals surface area contributed by atoms with Crippen molar-refractivity contribution in [2.75, 3.05) is 32.8 Å². The van der Waals surface area contributed by atoms with Crippen LogP contribution in [0.4, 0.5) is 0 Å². The Morgan fingerprint density at radius 3 is 2.58 bits per heavy atom. The molecule has 7 nitrogen and oxygen atoms in total. The fourth-order valence-corrected chi connectivity index (χ4v) is 3.99. The lowest BCUT2D eigenvalue weighted by atomic mass is 10.1. The maximum atomic E-state index is 5.46. The van der Waals surface area contributed by atoms with Crippen molar-refractivity contribution in [3.63, 3.8) is 0 Å². The molecule has 1 aliphatic rings. The van der Waals surface area contributed by atoms with Gasteiger partial charge in [0.25, 0.3) is 0 Å². The smallest absolute Gasteiger partial charge is 0.191 e. The second kappa shape index (κ2) is 12.2. The normalized spacial score (nSPS) is 14.9. The van der Waals surface area contributed by atoms with Crippen LogP contribution < -0.4 is 10.6 Å². The molecule has 2 heterocycles. The highest BCUT2D eigenvalue weighted by Crippen LogP contribution is 2.12. The highest BCUT2D eigenvalue weighted by molar-refractivity contribution is 5.79. The van der Waals surface area contributed by atoms with Gasteiger partial charge in [-0.1, -0.05) is 48.5 Å². The number of morpholine rings is 1. The van der Waals surface area contributed by atoms with Crippen molar-refractivity contribution in [1.29, 1.82) is 0 Å². The molecular weight excluding hydrogens is 412 g/mol. The molecular formula is C26H34N6O. The number of benzene rings is 2. The molecule has 174 valence electrons. The van der Waals surface area contributed by atoms with E-state index in [0.29, 0.717) is 13.1 Å². The molecule has 33 heavy (non-hydrogen) atoms. The Hall–Kier alpha value is -3.16. The second-order valence-electron chi connectivity index (χ2n) is 8.23.